The molecule has 0 saturated carbocycles. The zero-order chi connectivity index (χ0) is 10.0. The number of carbonyl (C=O) groups excluding carboxylic acids is 1. The number of Topliss-reactive ketones (excluding diaryl/α,β-unsaturated/α-hetero) is 1. The van der Waals surface area contributed by atoms with E-state index in [9.17, 15) is 9.18 Å². The average molecular weight is 246 g/mol. The molecule has 0 spiro atoms. The molecule has 0 aliphatic rings. The van der Waals surface area contributed by atoms with Crippen LogP contribution in [0.1, 0.15) is 17.3 Å². The van der Waals surface area contributed by atoms with Gasteiger partial charge in [0.2, 0.25) is 0 Å². The summed E-state index contributed by atoms with van der Waals surface area (Å²) in [4.78, 5) is 11.0. The molecular formula is C9H9BrFNO. The minimum Gasteiger partial charge on any atom is -0.398 e. The van der Waals surface area contributed by atoms with Crippen LogP contribution in [0.4, 0.5) is 10.1 Å². The van der Waals surface area contributed by atoms with E-state index in [0.717, 1.165) is 0 Å². The zero-order valence-corrected chi connectivity index (χ0v) is 8.64. The van der Waals surface area contributed by atoms with Gasteiger partial charge in [-0.1, -0.05) is 22.0 Å². The van der Waals surface area contributed by atoms with Crippen molar-refractivity contribution in [3.05, 3.63) is 29.6 Å². The monoisotopic (exact) mass is 245 g/mol. The first-order valence-electron chi connectivity index (χ1n) is 3.76. The highest BCUT2D eigenvalue weighted by Crippen LogP contribution is 2.19. The molecule has 70 valence electrons. The fourth-order valence-corrected chi connectivity index (χ4v) is 1.23. The number of halogens is 2. The van der Waals surface area contributed by atoms with Gasteiger partial charge in [-0.15, -0.1) is 0 Å². The third-order valence-corrected chi connectivity index (χ3v) is 2.07. The largest absolute Gasteiger partial charge is 0.398 e. The summed E-state index contributed by atoms with van der Waals surface area (Å²) in [6, 6.07) is 4.20. The van der Waals surface area contributed by atoms with Gasteiger partial charge in [-0.25, -0.2) is 4.39 Å². The van der Waals surface area contributed by atoms with Gasteiger partial charge in [0.1, 0.15) is 5.82 Å². The van der Waals surface area contributed by atoms with Gasteiger partial charge in [-0.3, -0.25) is 4.79 Å². The van der Waals surface area contributed by atoms with Crippen molar-refractivity contribution < 1.29 is 9.18 Å². The highest BCUT2D eigenvalue weighted by molar-refractivity contribution is 9.10. The molecule has 0 aliphatic carbocycles. The molecule has 1 unspecified atom stereocenters. The second kappa shape index (κ2) is 3.87. The Morgan fingerprint density at radius 3 is 2.69 bits per heavy atom. The number of benzene rings is 1. The van der Waals surface area contributed by atoms with E-state index in [0.29, 0.717) is 0 Å². The SMILES string of the molecule is CC(Br)C(=O)c1c(N)cccc1F. The van der Waals surface area contributed by atoms with E-state index in [1.165, 1.54) is 18.2 Å². The summed E-state index contributed by atoms with van der Waals surface area (Å²) in [5.41, 5.74) is 5.62. The third-order valence-electron chi connectivity index (χ3n) is 1.65. The molecule has 2 nitrogen and oxygen atoms in total. The number of hydrogen-bond acceptors (Lipinski definition) is 2. The molecule has 0 heterocycles. The number of rotatable bonds is 2. The molecule has 0 radical (unpaired) electrons. The third kappa shape index (κ3) is 2.06. The number of anilines is 1. The Kier molecular flexibility index (Phi) is 3.03. The van der Waals surface area contributed by atoms with Crippen LogP contribution in [0, 0.1) is 5.82 Å². The Labute approximate surface area is 84.1 Å². The average Bonchev–Trinajstić information content (AvgIpc) is 2.03. The molecule has 0 amide bonds. The maximum absolute atomic E-state index is 13.1. The molecule has 1 aromatic rings. The molecule has 13 heavy (non-hydrogen) atoms. The number of ketones is 1. The van der Waals surface area contributed by atoms with Gasteiger partial charge in [-0.05, 0) is 19.1 Å². The zero-order valence-electron chi connectivity index (χ0n) is 7.05. The maximum atomic E-state index is 13.1. The van der Waals surface area contributed by atoms with Gasteiger partial charge in [0.15, 0.2) is 5.78 Å². The van der Waals surface area contributed by atoms with E-state index in [-0.39, 0.29) is 17.0 Å². The van der Waals surface area contributed by atoms with Gasteiger partial charge in [0.05, 0.1) is 10.4 Å². The van der Waals surface area contributed by atoms with Crippen molar-refractivity contribution in [2.45, 2.75) is 11.8 Å². The molecule has 0 fully saturated rings. The Balaban J connectivity index is 3.20. The van der Waals surface area contributed by atoms with Crippen LogP contribution in [0.5, 0.6) is 0 Å². The summed E-state index contributed by atoms with van der Waals surface area (Å²) >= 11 is 3.07. The van der Waals surface area contributed by atoms with Crippen LogP contribution in [0.25, 0.3) is 0 Å². The molecule has 0 bridgehead atoms. The summed E-state index contributed by atoms with van der Waals surface area (Å²) < 4.78 is 13.1. The van der Waals surface area contributed by atoms with Crippen molar-refractivity contribution in [3.8, 4) is 0 Å². The Morgan fingerprint density at radius 1 is 1.62 bits per heavy atom. The minimum atomic E-state index is -0.573. The van der Waals surface area contributed by atoms with Crippen LogP contribution >= 0.6 is 15.9 Å². The first-order chi connectivity index (χ1) is 6.04. The van der Waals surface area contributed by atoms with Gasteiger partial charge < -0.3 is 5.73 Å². The predicted molar refractivity (Wildman–Crippen MR) is 53.5 cm³/mol. The van der Waals surface area contributed by atoms with Crippen LogP contribution < -0.4 is 5.73 Å². The lowest BCUT2D eigenvalue weighted by molar-refractivity contribution is 0.0993. The van der Waals surface area contributed by atoms with Crippen LogP contribution in [0.15, 0.2) is 18.2 Å². The highest BCUT2D eigenvalue weighted by Gasteiger charge is 2.18. The van der Waals surface area contributed by atoms with Crippen molar-refractivity contribution in [3.63, 3.8) is 0 Å². The van der Waals surface area contributed by atoms with E-state index < -0.39 is 10.6 Å². The molecular weight excluding hydrogens is 237 g/mol. The first kappa shape index (κ1) is 10.2. The van der Waals surface area contributed by atoms with E-state index in [4.69, 9.17) is 5.73 Å². The Bertz CT molecular complexity index is 318. The molecule has 1 rings (SSSR count). The van der Waals surface area contributed by atoms with Gasteiger partial charge >= 0.3 is 0 Å². The topological polar surface area (TPSA) is 43.1 Å². The minimum absolute atomic E-state index is 0.0353. The van der Waals surface area contributed by atoms with Crippen molar-refractivity contribution in [1.29, 1.82) is 0 Å². The lowest BCUT2D eigenvalue weighted by Crippen LogP contribution is -2.14. The lowest BCUT2D eigenvalue weighted by atomic mass is 10.1. The van der Waals surface area contributed by atoms with Crippen molar-refractivity contribution in [2.75, 3.05) is 5.73 Å². The molecule has 1 atom stereocenters. The molecule has 0 saturated heterocycles. The van der Waals surface area contributed by atoms with Gasteiger partial charge in [0.25, 0.3) is 0 Å². The number of nitrogens with two attached hydrogens (primary N) is 1. The summed E-state index contributed by atoms with van der Waals surface area (Å²) in [5, 5.41) is 0. The van der Waals surface area contributed by atoms with Crippen LogP contribution in [-0.4, -0.2) is 10.6 Å². The molecule has 0 aromatic heterocycles. The molecule has 0 aliphatic heterocycles. The van der Waals surface area contributed by atoms with Crippen LogP contribution in [-0.2, 0) is 0 Å². The molecule has 1 aromatic carbocycles. The fraction of sp³-hybridized carbons (Fsp3) is 0.222. The standard InChI is InChI=1S/C9H9BrFNO/c1-5(10)9(13)8-6(11)3-2-4-7(8)12/h2-5H,12H2,1H3. The molecule has 4 heteroatoms. The first-order valence-corrected chi connectivity index (χ1v) is 4.68. The fourth-order valence-electron chi connectivity index (χ4n) is 1.000. The Morgan fingerprint density at radius 2 is 2.23 bits per heavy atom. The Hall–Kier alpha value is -0.900. The van der Waals surface area contributed by atoms with Crippen molar-refractivity contribution in [1.82, 2.24) is 0 Å². The summed E-state index contributed by atoms with van der Waals surface area (Å²) in [5.74, 6) is -0.910. The van der Waals surface area contributed by atoms with Gasteiger partial charge in [-0.2, -0.15) is 0 Å². The number of alkyl halides is 1. The highest BCUT2D eigenvalue weighted by atomic mass is 79.9. The van der Waals surface area contributed by atoms with E-state index in [1.807, 2.05) is 0 Å². The summed E-state index contributed by atoms with van der Waals surface area (Å²) in [7, 11) is 0. The second-order valence-electron chi connectivity index (χ2n) is 2.68. The molecule has 2 N–H and O–H groups in total. The maximum Gasteiger partial charge on any atom is 0.181 e. The van der Waals surface area contributed by atoms with E-state index >= 15 is 0 Å². The normalized spacial score (nSPS) is 12.5. The second-order valence-corrected chi connectivity index (χ2v) is 4.06. The van der Waals surface area contributed by atoms with Crippen LogP contribution in [0.3, 0.4) is 0 Å². The van der Waals surface area contributed by atoms with E-state index in [2.05, 4.69) is 15.9 Å². The van der Waals surface area contributed by atoms with Crippen LogP contribution in [0.2, 0.25) is 0 Å². The number of carbonyl (C=O) groups is 1. The van der Waals surface area contributed by atoms with Crippen molar-refractivity contribution >= 4 is 27.4 Å². The summed E-state index contributed by atoms with van der Waals surface area (Å²) in [6.07, 6.45) is 0. The summed E-state index contributed by atoms with van der Waals surface area (Å²) in [6.45, 7) is 1.63. The number of nitrogen functional groups attached to an aromatic ring is 1. The smallest absolute Gasteiger partial charge is 0.181 e. The van der Waals surface area contributed by atoms with Crippen molar-refractivity contribution in [2.24, 2.45) is 0 Å². The van der Waals surface area contributed by atoms with E-state index in [1.54, 1.807) is 6.92 Å². The quantitative estimate of drug-likeness (QED) is 0.494. The lowest BCUT2D eigenvalue weighted by Gasteiger charge is -2.06. The van der Waals surface area contributed by atoms with Gasteiger partial charge in [0, 0.05) is 5.69 Å². The predicted octanol–water partition coefficient (Wildman–Crippen LogP) is 2.37. The number of hydrogen-bond donors (Lipinski definition) is 1.